The van der Waals surface area contributed by atoms with E-state index >= 15 is 0 Å². The predicted molar refractivity (Wildman–Crippen MR) is 89.4 cm³/mol. The lowest BCUT2D eigenvalue weighted by Gasteiger charge is -2.09. The van der Waals surface area contributed by atoms with E-state index in [0.717, 1.165) is 11.3 Å². The summed E-state index contributed by atoms with van der Waals surface area (Å²) in [6.07, 6.45) is 1.62. The summed E-state index contributed by atoms with van der Waals surface area (Å²) >= 11 is 5.83. The molecule has 22 heavy (non-hydrogen) atoms. The van der Waals surface area contributed by atoms with Gasteiger partial charge in [0.25, 0.3) is 0 Å². The van der Waals surface area contributed by atoms with E-state index in [1.165, 1.54) is 0 Å². The van der Waals surface area contributed by atoms with E-state index in [0.29, 0.717) is 23.9 Å². The van der Waals surface area contributed by atoms with Crippen LogP contribution in [-0.2, 0) is 6.61 Å². The van der Waals surface area contributed by atoms with E-state index in [9.17, 15) is 4.79 Å². The molecule has 2 N–H and O–H groups in total. The largest absolute Gasteiger partial charge is 0.489 e. The van der Waals surface area contributed by atoms with Crippen LogP contribution in [-0.4, -0.2) is 12.6 Å². The van der Waals surface area contributed by atoms with Gasteiger partial charge < -0.3 is 15.4 Å². The van der Waals surface area contributed by atoms with Crippen LogP contribution in [0.15, 0.2) is 61.2 Å². The number of carbonyl (C=O) groups is 1. The third-order valence-electron chi connectivity index (χ3n) is 2.84. The fourth-order valence-corrected chi connectivity index (χ4v) is 1.85. The molecule has 0 aliphatic rings. The van der Waals surface area contributed by atoms with Crippen LogP contribution in [0.3, 0.4) is 0 Å². The zero-order chi connectivity index (χ0) is 15.8. The van der Waals surface area contributed by atoms with Gasteiger partial charge in [0.2, 0.25) is 0 Å². The molecule has 2 rings (SSSR count). The molecule has 0 saturated carbocycles. The molecule has 0 heterocycles. The molecule has 0 fully saturated rings. The monoisotopic (exact) mass is 316 g/mol. The Labute approximate surface area is 134 Å². The van der Waals surface area contributed by atoms with E-state index in [4.69, 9.17) is 16.3 Å². The maximum absolute atomic E-state index is 11.5. The summed E-state index contributed by atoms with van der Waals surface area (Å²) in [6.45, 7) is 4.42. The molecule has 0 aliphatic heterocycles. The van der Waals surface area contributed by atoms with Gasteiger partial charge in [0, 0.05) is 17.3 Å². The molecule has 4 nitrogen and oxygen atoms in total. The van der Waals surface area contributed by atoms with Crippen LogP contribution in [0, 0.1) is 0 Å². The van der Waals surface area contributed by atoms with Crippen molar-refractivity contribution in [1.82, 2.24) is 5.32 Å². The fourth-order valence-electron chi connectivity index (χ4n) is 1.72. The molecule has 2 aromatic rings. The van der Waals surface area contributed by atoms with Gasteiger partial charge in [-0.25, -0.2) is 4.79 Å². The highest BCUT2D eigenvalue weighted by atomic mass is 35.5. The number of anilines is 1. The highest BCUT2D eigenvalue weighted by Crippen LogP contribution is 2.17. The normalized spacial score (nSPS) is 9.86. The molecule has 0 saturated heterocycles. The molecule has 2 aromatic carbocycles. The van der Waals surface area contributed by atoms with Crippen LogP contribution in [0.5, 0.6) is 5.75 Å². The third kappa shape index (κ3) is 5.14. The van der Waals surface area contributed by atoms with Gasteiger partial charge in [-0.2, -0.15) is 0 Å². The minimum atomic E-state index is -0.269. The lowest BCUT2D eigenvalue weighted by atomic mass is 10.2. The molecule has 2 amide bonds. The number of nitrogens with one attached hydrogen (secondary N) is 2. The van der Waals surface area contributed by atoms with Crippen molar-refractivity contribution >= 4 is 23.3 Å². The van der Waals surface area contributed by atoms with Crippen LogP contribution in [0.2, 0.25) is 5.02 Å². The van der Waals surface area contributed by atoms with Crippen molar-refractivity contribution in [2.24, 2.45) is 0 Å². The first-order chi connectivity index (χ1) is 10.7. The first-order valence-electron chi connectivity index (χ1n) is 6.80. The minimum Gasteiger partial charge on any atom is -0.489 e. The van der Waals surface area contributed by atoms with Crippen molar-refractivity contribution in [2.45, 2.75) is 6.61 Å². The standard InChI is InChI=1S/C17H17ClN2O2/c1-2-11-19-17(21)20-15-7-9-16(10-8-15)22-12-13-3-5-14(18)6-4-13/h2-10H,1,11-12H2,(H2,19,20,21). The number of hydrogen-bond acceptors (Lipinski definition) is 2. The highest BCUT2D eigenvalue weighted by molar-refractivity contribution is 6.30. The van der Waals surface area contributed by atoms with Crippen molar-refractivity contribution in [3.63, 3.8) is 0 Å². The minimum absolute atomic E-state index is 0.269. The first kappa shape index (κ1) is 15.9. The van der Waals surface area contributed by atoms with Gasteiger partial charge in [0.15, 0.2) is 0 Å². The second kappa shape index (κ2) is 8.10. The van der Waals surface area contributed by atoms with E-state index in [2.05, 4.69) is 17.2 Å². The topological polar surface area (TPSA) is 50.4 Å². The molecule has 0 spiro atoms. The lowest BCUT2D eigenvalue weighted by molar-refractivity contribution is 0.253. The maximum atomic E-state index is 11.5. The Morgan fingerprint density at radius 2 is 1.82 bits per heavy atom. The zero-order valence-corrected chi connectivity index (χ0v) is 12.8. The van der Waals surface area contributed by atoms with Crippen molar-refractivity contribution in [3.8, 4) is 5.75 Å². The Morgan fingerprint density at radius 3 is 2.45 bits per heavy atom. The SMILES string of the molecule is C=CCNC(=O)Nc1ccc(OCc2ccc(Cl)cc2)cc1. The zero-order valence-electron chi connectivity index (χ0n) is 12.0. The molecule has 0 unspecified atom stereocenters. The number of carbonyl (C=O) groups excluding carboxylic acids is 1. The van der Waals surface area contributed by atoms with E-state index < -0.39 is 0 Å². The van der Waals surface area contributed by atoms with Crippen molar-refractivity contribution in [1.29, 1.82) is 0 Å². The number of ether oxygens (including phenoxy) is 1. The van der Waals surface area contributed by atoms with E-state index in [1.807, 2.05) is 24.3 Å². The number of rotatable bonds is 6. The summed E-state index contributed by atoms with van der Waals surface area (Å²) in [6, 6.07) is 14.4. The summed E-state index contributed by atoms with van der Waals surface area (Å²) in [5.74, 6) is 0.729. The van der Waals surface area contributed by atoms with Gasteiger partial charge in [-0.3, -0.25) is 0 Å². The number of benzene rings is 2. The Bertz CT molecular complexity index is 624. The van der Waals surface area contributed by atoms with E-state index in [1.54, 1.807) is 30.3 Å². The Balaban J connectivity index is 1.85. The Hall–Kier alpha value is -2.46. The average molecular weight is 317 g/mol. The van der Waals surface area contributed by atoms with Crippen molar-refractivity contribution < 1.29 is 9.53 Å². The number of urea groups is 1. The number of amides is 2. The Morgan fingerprint density at radius 1 is 1.14 bits per heavy atom. The van der Waals surface area contributed by atoms with Crippen LogP contribution in [0.1, 0.15) is 5.56 Å². The molecule has 0 aromatic heterocycles. The lowest BCUT2D eigenvalue weighted by Crippen LogP contribution is -2.28. The van der Waals surface area contributed by atoms with Crippen LogP contribution in [0.4, 0.5) is 10.5 Å². The molecule has 0 atom stereocenters. The maximum Gasteiger partial charge on any atom is 0.319 e. The van der Waals surface area contributed by atoms with Gasteiger partial charge in [0.05, 0.1) is 0 Å². The third-order valence-corrected chi connectivity index (χ3v) is 3.09. The number of halogens is 1. The molecule has 0 radical (unpaired) electrons. The summed E-state index contributed by atoms with van der Waals surface area (Å²) in [4.78, 5) is 11.5. The van der Waals surface area contributed by atoms with E-state index in [-0.39, 0.29) is 6.03 Å². The molecule has 0 aliphatic carbocycles. The van der Waals surface area contributed by atoms with Crippen molar-refractivity contribution in [2.75, 3.05) is 11.9 Å². The van der Waals surface area contributed by atoms with Gasteiger partial charge in [0.1, 0.15) is 12.4 Å². The first-order valence-corrected chi connectivity index (χ1v) is 7.18. The smallest absolute Gasteiger partial charge is 0.319 e. The molecule has 0 bridgehead atoms. The Kier molecular flexibility index (Phi) is 5.86. The summed E-state index contributed by atoms with van der Waals surface area (Å²) in [5, 5.41) is 6.06. The molecule has 114 valence electrons. The molecular weight excluding hydrogens is 300 g/mol. The quantitative estimate of drug-likeness (QED) is 0.784. The molecular formula is C17H17ClN2O2. The summed E-state index contributed by atoms with van der Waals surface area (Å²) in [5.41, 5.74) is 1.73. The van der Waals surface area contributed by atoms with Crippen LogP contribution in [0.25, 0.3) is 0 Å². The summed E-state index contributed by atoms with van der Waals surface area (Å²) in [7, 11) is 0. The average Bonchev–Trinajstić information content (AvgIpc) is 2.54. The van der Waals surface area contributed by atoms with Crippen molar-refractivity contribution in [3.05, 3.63) is 71.8 Å². The predicted octanol–water partition coefficient (Wildman–Crippen LogP) is 4.23. The van der Waals surface area contributed by atoms with Crippen LogP contribution >= 0.6 is 11.6 Å². The van der Waals surface area contributed by atoms with Gasteiger partial charge in [-0.15, -0.1) is 6.58 Å². The number of hydrogen-bond donors (Lipinski definition) is 2. The molecule has 5 heteroatoms. The highest BCUT2D eigenvalue weighted by Gasteiger charge is 2.01. The van der Waals surface area contributed by atoms with Crippen LogP contribution < -0.4 is 15.4 Å². The fraction of sp³-hybridized carbons (Fsp3) is 0.118. The second-order valence-electron chi connectivity index (χ2n) is 4.56. The summed E-state index contributed by atoms with van der Waals surface area (Å²) < 4.78 is 5.67. The van der Waals surface area contributed by atoms with Gasteiger partial charge in [-0.1, -0.05) is 29.8 Å². The van der Waals surface area contributed by atoms with Gasteiger partial charge in [-0.05, 0) is 42.0 Å². The van der Waals surface area contributed by atoms with Gasteiger partial charge >= 0.3 is 6.03 Å². The second-order valence-corrected chi connectivity index (χ2v) is 5.00.